The fourth-order valence-corrected chi connectivity index (χ4v) is 16.7. The summed E-state index contributed by atoms with van der Waals surface area (Å²) in [6.45, 7) is -0.405. The topological polar surface area (TPSA) is 307 Å². The molecule has 4 N–H and O–H groups in total. The van der Waals surface area contributed by atoms with Gasteiger partial charge in [-0.05, 0) is 126 Å². The number of para-hydroxylation sites is 2. The molecule has 0 saturated carbocycles. The number of alkyl halides is 6. The van der Waals surface area contributed by atoms with Gasteiger partial charge >= 0.3 is 69.8 Å². The van der Waals surface area contributed by atoms with Crippen LogP contribution in [-0.4, -0.2) is 61.1 Å². The zero-order valence-corrected chi connectivity index (χ0v) is 65.0. The van der Waals surface area contributed by atoms with Crippen LogP contribution < -0.4 is 14.7 Å². The van der Waals surface area contributed by atoms with Gasteiger partial charge in [-0.3, -0.25) is 23.8 Å². The van der Waals surface area contributed by atoms with Crippen LogP contribution in [0.4, 0.5) is 61.4 Å². The summed E-state index contributed by atoms with van der Waals surface area (Å²) in [5, 5.41) is 0.294. The second-order valence-electron chi connectivity index (χ2n) is 23.9. The van der Waals surface area contributed by atoms with Crippen molar-refractivity contribution in [1.29, 1.82) is 0 Å². The molecular formula is C72H50Br3Cl2F6N6O16P3S. The van der Waals surface area contributed by atoms with E-state index in [2.05, 4.69) is 62.7 Å². The van der Waals surface area contributed by atoms with Crippen molar-refractivity contribution in [3.05, 3.63) is 293 Å². The molecule has 37 heteroatoms. The van der Waals surface area contributed by atoms with Crippen molar-refractivity contribution in [2.24, 2.45) is 0 Å². The van der Waals surface area contributed by atoms with Gasteiger partial charge < -0.3 is 41.9 Å². The predicted octanol–water partition coefficient (Wildman–Crippen LogP) is 21.1. The highest BCUT2D eigenvalue weighted by atomic mass is 79.9. The van der Waals surface area contributed by atoms with Crippen molar-refractivity contribution < 1.29 is 99.9 Å². The lowest BCUT2D eigenvalue weighted by Crippen LogP contribution is -2.23. The molecule has 0 radical (unpaired) electrons. The Morgan fingerprint density at radius 1 is 0.450 bits per heavy atom. The van der Waals surface area contributed by atoms with Crippen molar-refractivity contribution in [2.45, 2.75) is 41.5 Å². The van der Waals surface area contributed by atoms with Crippen molar-refractivity contribution in [1.82, 2.24) is 15.0 Å². The van der Waals surface area contributed by atoms with Crippen LogP contribution in [0.2, 0.25) is 10.0 Å². The maximum Gasteiger partial charge on any atom is 0.509 e. The van der Waals surface area contributed by atoms with Crippen LogP contribution in [0, 0.1) is 0 Å². The SMILES string of the molecule is CS(=O)(=O)c1ccc(-c2cnc(N(Cc3ccc(C(F)(F)P(=O)(OC(=O)c4ccc(-c5cnc(N(Cc6ccc(C(F)(F)P(=O)(O)O)c(Br)c6)c6ccccc6)o5)cc4)OC(=O)c4ccc(-c5cnc(N(Cc6ccc(C(F)(F)P(=O)(O)O)c(Br)c6)c6ccccc6)o5)cc4)c(Br)c3)c3ccc(Cl)c(Cl)c3)o2)cc1. The van der Waals surface area contributed by atoms with E-state index < -0.39 is 93.8 Å². The maximum absolute atomic E-state index is 17.8. The minimum atomic E-state index is -6.49. The molecular weight excluding hydrogens is 1750 g/mol. The fraction of sp³-hybridized carbons (Fsp3) is 0.0972. The van der Waals surface area contributed by atoms with E-state index in [1.165, 1.54) is 121 Å². The third-order valence-electron chi connectivity index (χ3n) is 16.5. The zero-order chi connectivity index (χ0) is 78.3. The van der Waals surface area contributed by atoms with Crippen LogP contribution in [0.5, 0.6) is 0 Å². The number of benzene rings is 9. The molecule has 0 amide bonds. The summed E-state index contributed by atoms with van der Waals surface area (Å²) in [6.07, 6.45) is 5.02. The van der Waals surface area contributed by atoms with Crippen molar-refractivity contribution in [2.75, 3.05) is 21.0 Å². The first-order valence-corrected chi connectivity index (χ1v) is 41.1. The Labute approximate surface area is 650 Å². The fourth-order valence-electron chi connectivity index (χ4n) is 10.8. The number of hydrogen-bond acceptors (Lipinski definition) is 18. The second-order valence-corrected chi connectivity index (χ2v) is 34.5. The van der Waals surface area contributed by atoms with Crippen LogP contribution in [0.1, 0.15) is 54.1 Å². The van der Waals surface area contributed by atoms with E-state index in [1.54, 1.807) is 76.5 Å². The highest BCUT2D eigenvalue weighted by molar-refractivity contribution is 9.11. The van der Waals surface area contributed by atoms with Crippen LogP contribution in [0.25, 0.3) is 34.0 Å². The first-order valence-electron chi connectivity index (χ1n) is 31.3. The van der Waals surface area contributed by atoms with Crippen LogP contribution in [0.3, 0.4) is 0 Å². The molecule has 12 rings (SSSR count). The number of anilines is 6. The lowest BCUT2D eigenvalue weighted by atomic mass is 10.1. The van der Waals surface area contributed by atoms with Gasteiger partial charge in [-0.2, -0.15) is 26.3 Å². The average Bonchev–Trinajstić information content (AvgIpc) is 1.77. The van der Waals surface area contributed by atoms with Crippen LogP contribution in [-0.2, 0) is 69.2 Å². The number of carbonyl (C=O) groups excluding carboxylic acids is 2. The van der Waals surface area contributed by atoms with E-state index in [9.17, 15) is 64.3 Å². The van der Waals surface area contributed by atoms with Crippen LogP contribution in [0.15, 0.2) is 256 Å². The summed E-state index contributed by atoms with van der Waals surface area (Å²) in [7, 11) is -21.9. The molecule has 0 bridgehead atoms. The van der Waals surface area contributed by atoms with Gasteiger partial charge in [0.15, 0.2) is 27.1 Å². The highest BCUT2D eigenvalue weighted by Gasteiger charge is 2.61. The molecule has 0 unspecified atom stereocenters. The molecule has 0 saturated heterocycles. The van der Waals surface area contributed by atoms with Gasteiger partial charge in [-0.1, -0.05) is 168 Å². The summed E-state index contributed by atoms with van der Waals surface area (Å²) < 4.78 is 186. The van der Waals surface area contributed by atoms with E-state index in [1.807, 2.05) is 0 Å². The maximum atomic E-state index is 17.8. The summed E-state index contributed by atoms with van der Waals surface area (Å²) in [5.41, 5.74) is -14.7. The number of hydrogen-bond donors (Lipinski definition) is 4. The van der Waals surface area contributed by atoms with Gasteiger partial charge in [0.05, 0.1) is 69.9 Å². The summed E-state index contributed by atoms with van der Waals surface area (Å²) in [6, 6.07) is 46.7. The van der Waals surface area contributed by atoms with Crippen molar-refractivity contribution in [3.8, 4) is 34.0 Å². The minimum Gasteiger partial charge on any atom is -0.423 e. The standard InChI is InChI=1S/C72H50Br3Cl2F6N6O16P3S/c1-109(99,100)53-26-23-47(24-27-53)64-38-86-69(103-64)89(52-25-31-60(76)61(77)35-52)41-44-14-30-56(59(75)34-44)72(82,83)108(98,104-65(90)48-19-15-45(16-20-48)62-36-84-67(101-62)87(50-8-4-2-5-9-50)39-42-12-28-54(57(73)32-42)70(78,79)106(92,93)94)105-66(91)49-21-17-46(18-22-49)63-37-85-68(102-63)88(51-10-6-3-7-11-51)40-43-13-29-55(58(74)33-43)71(80,81)107(95,96)97/h2-38H,39-41H2,1H3,(H2,92,93,94)(H2,95,96,97). The van der Waals surface area contributed by atoms with Gasteiger partial charge in [0.2, 0.25) is 0 Å². The van der Waals surface area contributed by atoms with Crippen LogP contribution >= 0.6 is 93.8 Å². The minimum absolute atomic E-state index is 0.0496. The Kier molecular flexibility index (Phi) is 22.9. The number of carbonyl (C=O) groups is 2. The quantitative estimate of drug-likeness (QED) is 0.0289. The van der Waals surface area contributed by atoms with Crippen molar-refractivity contribution in [3.63, 3.8) is 0 Å². The molecule has 3 heterocycles. The predicted molar refractivity (Wildman–Crippen MR) is 402 cm³/mol. The molecule has 0 aliphatic carbocycles. The summed E-state index contributed by atoms with van der Waals surface area (Å²) in [5.74, 6) is -3.00. The Hall–Kier alpha value is -8.97. The monoisotopic (exact) mass is 1800 g/mol. The molecule has 0 atom stereocenters. The number of sulfone groups is 1. The Bertz CT molecular complexity index is 5490. The molecule has 3 aromatic heterocycles. The van der Waals surface area contributed by atoms with E-state index in [4.69, 9.17) is 45.5 Å². The molecule has 12 aromatic rings. The van der Waals surface area contributed by atoms with Gasteiger partial charge in [0.1, 0.15) is 0 Å². The molecule has 109 heavy (non-hydrogen) atoms. The first-order chi connectivity index (χ1) is 51.4. The summed E-state index contributed by atoms with van der Waals surface area (Å²) in [4.78, 5) is 84.2. The number of halogens is 11. The number of rotatable bonds is 26. The molecule has 0 aliphatic rings. The molecule has 9 aromatic carbocycles. The highest BCUT2D eigenvalue weighted by Crippen LogP contribution is 2.69. The van der Waals surface area contributed by atoms with Gasteiger partial charge in [0, 0.05) is 64.6 Å². The lowest BCUT2D eigenvalue weighted by Gasteiger charge is -2.27. The van der Waals surface area contributed by atoms with Gasteiger partial charge in [-0.15, -0.1) is 0 Å². The van der Waals surface area contributed by atoms with E-state index in [-0.39, 0.29) is 95.5 Å². The smallest absolute Gasteiger partial charge is 0.423 e. The normalized spacial score (nSPS) is 12.4. The Balaban J connectivity index is 0.835. The number of oxazole rings is 3. The lowest BCUT2D eigenvalue weighted by molar-refractivity contribution is 0.0271. The second kappa shape index (κ2) is 31.4. The third-order valence-corrected chi connectivity index (χ3v) is 24.0. The van der Waals surface area contributed by atoms with Gasteiger partial charge in [0.25, 0.3) is 0 Å². The third kappa shape index (κ3) is 17.2. The molecule has 0 fully saturated rings. The van der Waals surface area contributed by atoms with Crippen molar-refractivity contribution >= 4 is 151 Å². The molecule has 0 aliphatic heterocycles. The van der Waals surface area contributed by atoms with Gasteiger partial charge in [-0.25, -0.2) is 37.5 Å². The molecule has 22 nitrogen and oxygen atoms in total. The number of aromatic nitrogens is 3. The Morgan fingerprint density at radius 2 is 0.780 bits per heavy atom. The van der Waals surface area contributed by atoms with E-state index >= 15 is 13.3 Å². The van der Waals surface area contributed by atoms with E-state index in [0.717, 1.165) is 48.7 Å². The Morgan fingerprint density at radius 3 is 1.10 bits per heavy atom. The molecule has 0 spiro atoms. The average molecular weight is 1800 g/mol. The number of nitrogens with zero attached hydrogens (tertiary/aromatic N) is 6. The first kappa shape index (κ1) is 79.6. The zero-order valence-electron chi connectivity index (χ0n) is 55.3. The largest absolute Gasteiger partial charge is 0.509 e. The summed E-state index contributed by atoms with van der Waals surface area (Å²) >= 11 is 22.0. The van der Waals surface area contributed by atoms with E-state index in [0.29, 0.717) is 33.8 Å². The molecule has 562 valence electrons.